The lowest BCUT2D eigenvalue weighted by atomic mass is 9.84. The molecule has 1 aliphatic carbocycles. The van der Waals surface area contributed by atoms with E-state index in [1.165, 1.54) is 4.88 Å². The summed E-state index contributed by atoms with van der Waals surface area (Å²) < 4.78 is 5.57. The first kappa shape index (κ1) is 15.5. The predicted molar refractivity (Wildman–Crippen MR) is 83.6 cm³/mol. The molecule has 3 rings (SSSR count). The minimum Gasteiger partial charge on any atom is -0.458 e. The first-order valence-corrected chi connectivity index (χ1v) is 8.75. The van der Waals surface area contributed by atoms with Crippen LogP contribution in [0.4, 0.5) is 0 Å². The largest absolute Gasteiger partial charge is 0.458 e. The maximum atomic E-state index is 12.8. The van der Waals surface area contributed by atoms with Crippen LogP contribution in [0.5, 0.6) is 0 Å². The number of esters is 1. The second-order valence-corrected chi connectivity index (χ2v) is 7.31. The molecule has 0 radical (unpaired) electrons. The van der Waals surface area contributed by atoms with Crippen molar-refractivity contribution in [3.05, 3.63) is 16.1 Å². The molecule has 2 fully saturated rings. The van der Waals surface area contributed by atoms with Gasteiger partial charge in [0.05, 0.1) is 23.5 Å². The lowest BCUT2D eigenvalue weighted by Crippen LogP contribution is -2.44. The van der Waals surface area contributed by atoms with Crippen molar-refractivity contribution in [2.24, 2.45) is 5.92 Å². The van der Waals surface area contributed by atoms with Gasteiger partial charge in [0.25, 0.3) is 0 Å². The molecule has 0 unspecified atom stereocenters. The molecule has 2 heterocycles. The van der Waals surface area contributed by atoms with E-state index in [4.69, 9.17) is 4.74 Å². The molecule has 0 aromatic carbocycles. The zero-order valence-electron chi connectivity index (χ0n) is 13.1. The van der Waals surface area contributed by atoms with Gasteiger partial charge in [-0.25, -0.2) is 4.98 Å². The van der Waals surface area contributed by atoms with Crippen molar-refractivity contribution in [3.8, 4) is 0 Å². The van der Waals surface area contributed by atoms with E-state index in [2.05, 4.69) is 4.98 Å². The summed E-state index contributed by atoms with van der Waals surface area (Å²) in [6.07, 6.45) is 4.80. The fourth-order valence-electron chi connectivity index (χ4n) is 3.64. The summed E-state index contributed by atoms with van der Waals surface area (Å²) in [5, 5.41) is 0. The van der Waals surface area contributed by atoms with Crippen LogP contribution in [0.3, 0.4) is 0 Å². The monoisotopic (exact) mass is 322 g/mol. The second-order valence-electron chi connectivity index (χ2n) is 6.37. The molecule has 1 saturated heterocycles. The minimum absolute atomic E-state index is 0.0509. The molecule has 120 valence electrons. The Bertz CT molecular complexity index is 578. The zero-order valence-corrected chi connectivity index (χ0v) is 13.9. The zero-order chi connectivity index (χ0) is 15.7. The van der Waals surface area contributed by atoms with E-state index in [1.54, 1.807) is 16.2 Å². The van der Waals surface area contributed by atoms with E-state index in [0.29, 0.717) is 6.54 Å². The number of rotatable bonds is 4. The Balaban J connectivity index is 1.65. The summed E-state index contributed by atoms with van der Waals surface area (Å²) in [7, 11) is 1.82. The summed E-state index contributed by atoms with van der Waals surface area (Å²) in [6.45, 7) is 2.65. The van der Waals surface area contributed by atoms with Crippen molar-refractivity contribution in [3.63, 3.8) is 0 Å². The number of carbonyl (C=O) groups is 2. The summed E-state index contributed by atoms with van der Waals surface area (Å²) in [6, 6.07) is 0. The summed E-state index contributed by atoms with van der Waals surface area (Å²) in [5.74, 6) is -0.461. The molecule has 0 N–H and O–H groups in total. The van der Waals surface area contributed by atoms with Crippen LogP contribution < -0.4 is 0 Å². The number of amides is 1. The quantitative estimate of drug-likeness (QED) is 0.798. The third kappa shape index (κ3) is 2.76. The third-order valence-electron chi connectivity index (χ3n) is 4.97. The first-order chi connectivity index (χ1) is 10.5. The van der Waals surface area contributed by atoms with Crippen molar-refractivity contribution in [2.75, 3.05) is 13.6 Å². The van der Waals surface area contributed by atoms with Crippen LogP contribution in [-0.4, -0.2) is 41.0 Å². The lowest BCUT2D eigenvalue weighted by Gasteiger charge is -2.30. The van der Waals surface area contributed by atoms with E-state index in [0.717, 1.165) is 37.8 Å². The molecule has 1 aromatic heterocycles. The molecule has 0 bridgehead atoms. The minimum atomic E-state index is -0.511. The van der Waals surface area contributed by atoms with Gasteiger partial charge in [0.1, 0.15) is 5.60 Å². The van der Waals surface area contributed by atoms with Crippen molar-refractivity contribution in [2.45, 2.75) is 51.0 Å². The van der Waals surface area contributed by atoms with Gasteiger partial charge in [0.2, 0.25) is 5.91 Å². The molecular weight excluding hydrogens is 300 g/mol. The van der Waals surface area contributed by atoms with Gasteiger partial charge in [-0.3, -0.25) is 9.59 Å². The first-order valence-electron chi connectivity index (χ1n) is 7.87. The molecule has 5 nitrogen and oxygen atoms in total. The maximum Gasteiger partial charge on any atom is 0.307 e. The molecule has 1 saturated carbocycles. The van der Waals surface area contributed by atoms with Gasteiger partial charge in [0, 0.05) is 24.9 Å². The van der Waals surface area contributed by atoms with Crippen LogP contribution in [0.1, 0.15) is 42.7 Å². The Kier molecular flexibility index (Phi) is 4.21. The van der Waals surface area contributed by atoms with Crippen molar-refractivity contribution in [1.29, 1.82) is 0 Å². The highest BCUT2D eigenvalue weighted by Crippen LogP contribution is 2.46. The molecule has 1 spiro atoms. The molecule has 1 aromatic rings. The Morgan fingerprint density at radius 3 is 2.86 bits per heavy atom. The highest BCUT2D eigenvalue weighted by molar-refractivity contribution is 7.09. The average Bonchev–Trinajstić information content (AvgIpc) is 3.18. The smallest absolute Gasteiger partial charge is 0.307 e. The average molecular weight is 322 g/mol. The molecule has 6 heteroatoms. The van der Waals surface area contributed by atoms with Crippen molar-refractivity contribution < 1.29 is 14.3 Å². The van der Waals surface area contributed by atoms with Gasteiger partial charge in [-0.2, -0.15) is 0 Å². The number of hydrogen-bond donors (Lipinski definition) is 0. The van der Waals surface area contributed by atoms with Gasteiger partial charge in [-0.05, 0) is 32.6 Å². The summed E-state index contributed by atoms with van der Waals surface area (Å²) in [5.41, 5.74) is 2.37. The number of ether oxygens (including phenoxy) is 1. The lowest BCUT2D eigenvalue weighted by molar-refractivity contribution is -0.151. The van der Waals surface area contributed by atoms with Gasteiger partial charge in [0.15, 0.2) is 0 Å². The van der Waals surface area contributed by atoms with Gasteiger partial charge in [-0.1, -0.05) is 0 Å². The number of carbonyl (C=O) groups excluding carboxylic acids is 2. The van der Waals surface area contributed by atoms with Gasteiger partial charge < -0.3 is 9.64 Å². The number of likely N-dealkylation sites (N-methyl/N-ethyl adjacent to an activating group) is 1. The normalized spacial score (nSPS) is 23.0. The third-order valence-corrected chi connectivity index (χ3v) is 5.96. The van der Waals surface area contributed by atoms with Crippen molar-refractivity contribution >= 4 is 23.2 Å². The van der Waals surface area contributed by atoms with E-state index in [1.807, 2.05) is 19.5 Å². The molecular formula is C16H22N2O3S. The van der Waals surface area contributed by atoms with Crippen molar-refractivity contribution in [1.82, 2.24) is 9.88 Å². The van der Waals surface area contributed by atoms with Crippen LogP contribution in [0.2, 0.25) is 0 Å². The highest BCUT2D eigenvalue weighted by Gasteiger charge is 2.54. The fraction of sp³-hybridized carbons (Fsp3) is 0.688. The van der Waals surface area contributed by atoms with Gasteiger partial charge >= 0.3 is 5.97 Å². The van der Waals surface area contributed by atoms with Gasteiger partial charge in [-0.15, -0.1) is 11.3 Å². The van der Waals surface area contributed by atoms with Crippen LogP contribution in [0.25, 0.3) is 0 Å². The molecule has 1 aliphatic heterocycles. The Labute approximate surface area is 134 Å². The van der Waals surface area contributed by atoms with Crippen LogP contribution >= 0.6 is 11.3 Å². The molecule has 2 aliphatic rings. The Hall–Kier alpha value is -1.43. The van der Waals surface area contributed by atoms with E-state index in [9.17, 15) is 9.59 Å². The fourth-order valence-corrected chi connectivity index (χ4v) is 4.41. The van der Waals surface area contributed by atoms with Crippen LogP contribution in [-0.2, 0) is 20.7 Å². The second kappa shape index (κ2) is 5.99. The number of aromatic nitrogens is 1. The molecule has 1 amide bonds. The number of nitrogens with zero attached hydrogens (tertiary/aromatic N) is 2. The standard InChI is InChI=1S/C16H22N2O3S/c1-11-13(22-10-17-11)5-8-18(2)15(20)12-9-14(19)21-16(12)6-3-4-7-16/h10,12H,3-9H2,1-2H3/t12-/m1/s1. The maximum absolute atomic E-state index is 12.8. The number of hydrogen-bond acceptors (Lipinski definition) is 5. The number of thiazole rings is 1. The predicted octanol–water partition coefficient (Wildman–Crippen LogP) is 2.33. The molecule has 22 heavy (non-hydrogen) atoms. The van der Waals surface area contributed by atoms with E-state index in [-0.39, 0.29) is 24.2 Å². The van der Waals surface area contributed by atoms with Crippen LogP contribution in [0, 0.1) is 12.8 Å². The number of aryl methyl sites for hydroxylation is 1. The summed E-state index contributed by atoms with van der Waals surface area (Å²) in [4.78, 5) is 31.7. The van der Waals surface area contributed by atoms with E-state index < -0.39 is 5.60 Å². The Morgan fingerprint density at radius 2 is 2.23 bits per heavy atom. The topological polar surface area (TPSA) is 59.5 Å². The molecule has 1 atom stereocenters. The Morgan fingerprint density at radius 1 is 1.50 bits per heavy atom. The van der Waals surface area contributed by atoms with Crippen LogP contribution in [0.15, 0.2) is 5.51 Å². The highest BCUT2D eigenvalue weighted by atomic mass is 32.1. The van der Waals surface area contributed by atoms with E-state index >= 15 is 0 Å². The summed E-state index contributed by atoms with van der Waals surface area (Å²) >= 11 is 1.63. The SMILES string of the molecule is Cc1ncsc1CCN(C)C(=O)[C@H]1CC(=O)OC12CCCC2.